The molecule has 0 radical (unpaired) electrons. The molecule has 18 heavy (non-hydrogen) atoms. The number of carbonyl (C=O) groups excluding carboxylic acids is 1. The third-order valence-corrected chi connectivity index (χ3v) is 3.19. The van der Waals surface area contributed by atoms with Gasteiger partial charge in [0.1, 0.15) is 0 Å². The molecule has 0 saturated heterocycles. The van der Waals surface area contributed by atoms with E-state index in [0.717, 1.165) is 16.8 Å². The van der Waals surface area contributed by atoms with E-state index in [1.807, 2.05) is 39.0 Å². The number of aryl methyl sites for hydroxylation is 1. The summed E-state index contributed by atoms with van der Waals surface area (Å²) in [5.74, 6) is 0.436. The Morgan fingerprint density at radius 1 is 1.28 bits per heavy atom. The fourth-order valence-electron chi connectivity index (χ4n) is 1.39. The van der Waals surface area contributed by atoms with Crippen molar-refractivity contribution in [1.29, 1.82) is 0 Å². The zero-order valence-electron chi connectivity index (χ0n) is 11.8. The van der Waals surface area contributed by atoms with Crippen LogP contribution in [-0.2, 0) is 0 Å². The van der Waals surface area contributed by atoms with Gasteiger partial charge in [0, 0.05) is 11.9 Å². The molecular formula is C15H22N2O. The van der Waals surface area contributed by atoms with Crippen LogP contribution in [-0.4, -0.2) is 6.03 Å². The van der Waals surface area contributed by atoms with Crippen LogP contribution in [0.25, 0.3) is 0 Å². The highest BCUT2D eigenvalue weighted by Crippen LogP contribution is 2.17. The predicted octanol–water partition coefficient (Wildman–Crippen LogP) is 3.98. The molecule has 0 aromatic heterocycles. The molecule has 0 bridgehead atoms. The summed E-state index contributed by atoms with van der Waals surface area (Å²) < 4.78 is 0. The highest BCUT2D eigenvalue weighted by molar-refractivity contribution is 5.90. The summed E-state index contributed by atoms with van der Waals surface area (Å²) in [7, 11) is 0. The Morgan fingerprint density at radius 3 is 2.56 bits per heavy atom. The number of rotatable bonds is 3. The molecule has 0 aliphatic carbocycles. The lowest BCUT2D eigenvalue weighted by Crippen LogP contribution is -2.25. The minimum absolute atomic E-state index is 0.205. The fourth-order valence-corrected chi connectivity index (χ4v) is 1.39. The summed E-state index contributed by atoms with van der Waals surface area (Å²) in [6.07, 6.45) is 1.76. The maximum atomic E-state index is 11.7. The van der Waals surface area contributed by atoms with Crippen molar-refractivity contribution in [1.82, 2.24) is 5.32 Å². The maximum absolute atomic E-state index is 11.7. The Labute approximate surface area is 109 Å². The number of benzene rings is 1. The first-order chi connectivity index (χ1) is 8.41. The Morgan fingerprint density at radius 2 is 1.94 bits per heavy atom. The second-order valence-electron chi connectivity index (χ2n) is 4.89. The van der Waals surface area contributed by atoms with Crippen molar-refractivity contribution in [3.63, 3.8) is 0 Å². The molecule has 3 heteroatoms. The van der Waals surface area contributed by atoms with Crippen LogP contribution < -0.4 is 10.6 Å². The second-order valence-corrected chi connectivity index (χ2v) is 4.89. The van der Waals surface area contributed by atoms with Gasteiger partial charge in [0.15, 0.2) is 0 Å². The SMILES string of the molecule is C/C(=C\NC(=O)Nc1cccc(C)c1C)C(C)C. The maximum Gasteiger partial charge on any atom is 0.323 e. The topological polar surface area (TPSA) is 41.1 Å². The van der Waals surface area contributed by atoms with Crippen LogP contribution >= 0.6 is 0 Å². The van der Waals surface area contributed by atoms with Crippen LogP contribution in [0, 0.1) is 19.8 Å². The first kappa shape index (κ1) is 14.3. The molecule has 3 nitrogen and oxygen atoms in total. The Balaban J connectivity index is 2.66. The van der Waals surface area contributed by atoms with E-state index < -0.39 is 0 Å². The molecule has 0 saturated carbocycles. The molecular weight excluding hydrogens is 224 g/mol. The summed E-state index contributed by atoms with van der Waals surface area (Å²) >= 11 is 0. The predicted molar refractivity (Wildman–Crippen MR) is 76.7 cm³/mol. The summed E-state index contributed by atoms with van der Waals surface area (Å²) in [5, 5.41) is 5.60. The standard InChI is InChI=1S/C15H22N2O/c1-10(2)12(4)9-16-15(18)17-14-8-6-7-11(3)13(14)5/h6-10H,1-5H3,(H2,16,17,18)/b12-9+. The first-order valence-corrected chi connectivity index (χ1v) is 6.22. The van der Waals surface area contributed by atoms with E-state index >= 15 is 0 Å². The van der Waals surface area contributed by atoms with Crippen LogP contribution in [0.15, 0.2) is 30.0 Å². The molecule has 2 amide bonds. The Hall–Kier alpha value is -1.77. The molecule has 1 aromatic carbocycles. The quantitative estimate of drug-likeness (QED) is 0.832. The third-order valence-electron chi connectivity index (χ3n) is 3.19. The minimum atomic E-state index is -0.205. The van der Waals surface area contributed by atoms with Gasteiger partial charge in [-0.25, -0.2) is 4.79 Å². The summed E-state index contributed by atoms with van der Waals surface area (Å²) in [6, 6.07) is 5.67. The van der Waals surface area contributed by atoms with Gasteiger partial charge in [-0.3, -0.25) is 0 Å². The molecule has 1 aromatic rings. The van der Waals surface area contributed by atoms with Crippen molar-refractivity contribution in [2.45, 2.75) is 34.6 Å². The average Bonchev–Trinajstić information content (AvgIpc) is 2.32. The van der Waals surface area contributed by atoms with Gasteiger partial charge >= 0.3 is 6.03 Å². The molecule has 2 N–H and O–H groups in total. The van der Waals surface area contributed by atoms with Crippen molar-refractivity contribution < 1.29 is 4.79 Å². The molecule has 98 valence electrons. The van der Waals surface area contributed by atoms with Crippen LogP contribution in [0.3, 0.4) is 0 Å². The van der Waals surface area contributed by atoms with Gasteiger partial charge in [-0.2, -0.15) is 0 Å². The number of hydrogen-bond donors (Lipinski definition) is 2. The number of nitrogens with one attached hydrogen (secondary N) is 2. The number of urea groups is 1. The van der Waals surface area contributed by atoms with Gasteiger partial charge in [-0.05, 0) is 43.9 Å². The van der Waals surface area contributed by atoms with Gasteiger partial charge in [-0.15, -0.1) is 0 Å². The average molecular weight is 246 g/mol. The number of hydrogen-bond acceptors (Lipinski definition) is 1. The zero-order chi connectivity index (χ0) is 13.7. The van der Waals surface area contributed by atoms with Gasteiger partial charge in [0.05, 0.1) is 0 Å². The van der Waals surface area contributed by atoms with E-state index in [2.05, 4.69) is 24.5 Å². The molecule has 0 aliphatic rings. The highest BCUT2D eigenvalue weighted by Gasteiger charge is 2.04. The van der Waals surface area contributed by atoms with E-state index in [-0.39, 0.29) is 6.03 Å². The van der Waals surface area contributed by atoms with Gasteiger partial charge in [-0.1, -0.05) is 31.6 Å². The minimum Gasteiger partial charge on any atom is -0.314 e. The van der Waals surface area contributed by atoms with Crippen molar-refractivity contribution in [2.24, 2.45) is 5.92 Å². The molecule has 0 unspecified atom stereocenters. The number of anilines is 1. The molecule has 0 spiro atoms. The number of amides is 2. The first-order valence-electron chi connectivity index (χ1n) is 6.22. The van der Waals surface area contributed by atoms with Crippen molar-refractivity contribution >= 4 is 11.7 Å². The molecule has 0 fully saturated rings. The van der Waals surface area contributed by atoms with E-state index in [1.54, 1.807) is 6.20 Å². The van der Waals surface area contributed by atoms with Gasteiger partial charge < -0.3 is 10.6 Å². The summed E-state index contributed by atoms with van der Waals surface area (Å²) in [5.41, 5.74) is 4.26. The lowest BCUT2D eigenvalue weighted by atomic mass is 10.1. The fraction of sp³-hybridized carbons (Fsp3) is 0.400. The second kappa shape index (κ2) is 6.24. The van der Waals surface area contributed by atoms with Crippen molar-refractivity contribution in [2.75, 3.05) is 5.32 Å². The number of carbonyl (C=O) groups is 1. The van der Waals surface area contributed by atoms with E-state index in [0.29, 0.717) is 5.92 Å². The summed E-state index contributed by atoms with van der Waals surface area (Å²) in [6.45, 7) is 10.2. The van der Waals surface area contributed by atoms with Crippen LogP contribution in [0.2, 0.25) is 0 Å². The largest absolute Gasteiger partial charge is 0.323 e. The zero-order valence-corrected chi connectivity index (χ0v) is 11.8. The normalized spacial score (nSPS) is 11.6. The smallest absolute Gasteiger partial charge is 0.314 e. The van der Waals surface area contributed by atoms with E-state index in [9.17, 15) is 4.79 Å². The van der Waals surface area contributed by atoms with Crippen molar-refractivity contribution in [3.05, 3.63) is 41.1 Å². The van der Waals surface area contributed by atoms with Gasteiger partial charge in [0.25, 0.3) is 0 Å². The van der Waals surface area contributed by atoms with Gasteiger partial charge in [0.2, 0.25) is 0 Å². The number of allylic oxidation sites excluding steroid dienone is 1. The monoisotopic (exact) mass is 246 g/mol. The molecule has 1 rings (SSSR count). The van der Waals surface area contributed by atoms with Crippen molar-refractivity contribution in [3.8, 4) is 0 Å². The summed E-state index contributed by atoms with van der Waals surface area (Å²) in [4.78, 5) is 11.7. The van der Waals surface area contributed by atoms with Crippen LogP contribution in [0.4, 0.5) is 10.5 Å². The Bertz CT molecular complexity index is 462. The molecule has 0 aliphatic heterocycles. The Kier molecular flexibility index (Phi) is 4.95. The van der Waals surface area contributed by atoms with Crippen LogP contribution in [0.5, 0.6) is 0 Å². The van der Waals surface area contributed by atoms with E-state index in [4.69, 9.17) is 0 Å². The highest BCUT2D eigenvalue weighted by atomic mass is 16.2. The molecule has 0 heterocycles. The van der Waals surface area contributed by atoms with Crippen LogP contribution in [0.1, 0.15) is 31.9 Å². The lowest BCUT2D eigenvalue weighted by molar-refractivity contribution is 0.255. The third kappa shape index (κ3) is 3.91. The molecule has 0 atom stereocenters. The lowest BCUT2D eigenvalue weighted by Gasteiger charge is -2.11. The van der Waals surface area contributed by atoms with E-state index in [1.165, 1.54) is 5.56 Å².